The minimum atomic E-state index is -3.51. The van der Waals surface area contributed by atoms with Crippen LogP contribution in [-0.2, 0) is 10.2 Å². The Morgan fingerprint density at radius 3 is 2.40 bits per heavy atom. The molecule has 0 unspecified atom stereocenters. The highest BCUT2D eigenvalue weighted by Crippen LogP contribution is 2.29. The normalized spacial score (nSPS) is 17.7. The molecule has 0 amide bonds. The molecule has 1 aliphatic rings. The number of rotatable bonds is 3. The van der Waals surface area contributed by atoms with E-state index in [2.05, 4.69) is 20.7 Å². The Labute approximate surface area is 128 Å². The molecule has 112 valence electrons. The molecular weight excluding hydrogens is 342 g/mol. The molecule has 3 N–H and O–H groups in total. The van der Waals surface area contributed by atoms with Gasteiger partial charge in [-0.25, -0.2) is 0 Å². The summed E-state index contributed by atoms with van der Waals surface area (Å²) in [5, 5.41) is 0. The van der Waals surface area contributed by atoms with Crippen molar-refractivity contribution in [3.05, 3.63) is 22.2 Å². The van der Waals surface area contributed by atoms with Crippen LogP contribution in [0.25, 0.3) is 0 Å². The number of benzene rings is 1. The van der Waals surface area contributed by atoms with Gasteiger partial charge in [-0.05, 0) is 53.4 Å². The minimum absolute atomic E-state index is 0.484. The molecule has 5 nitrogen and oxygen atoms in total. The van der Waals surface area contributed by atoms with E-state index >= 15 is 0 Å². The number of halogens is 1. The van der Waals surface area contributed by atoms with E-state index in [0.717, 1.165) is 31.2 Å². The molecule has 1 saturated heterocycles. The Morgan fingerprint density at radius 1 is 1.20 bits per heavy atom. The highest BCUT2D eigenvalue weighted by atomic mass is 79.9. The van der Waals surface area contributed by atoms with Crippen LogP contribution in [-0.4, -0.2) is 25.8 Å². The van der Waals surface area contributed by atoms with Crippen LogP contribution in [0, 0.1) is 6.92 Å². The largest absolute Gasteiger partial charge is 0.398 e. The molecule has 1 heterocycles. The van der Waals surface area contributed by atoms with Crippen LogP contribution in [0.3, 0.4) is 0 Å². The van der Waals surface area contributed by atoms with E-state index in [0.29, 0.717) is 28.9 Å². The van der Waals surface area contributed by atoms with Crippen molar-refractivity contribution >= 4 is 37.5 Å². The monoisotopic (exact) mass is 361 g/mol. The molecule has 0 atom stereocenters. The summed E-state index contributed by atoms with van der Waals surface area (Å²) in [7, 11) is -3.51. The molecule has 7 heteroatoms. The van der Waals surface area contributed by atoms with Gasteiger partial charge in [0.25, 0.3) is 0 Å². The van der Waals surface area contributed by atoms with Crippen molar-refractivity contribution in [3.63, 3.8) is 0 Å². The Bertz CT molecular complexity index is 582. The standard InChI is InChI=1S/C13H20BrN3O2S/c1-10-8-11(14)13(9-12(10)15)16-20(18,19)17-6-4-2-3-5-7-17/h8-9,16H,2-7,15H2,1H3. The Balaban J connectivity index is 2.21. The molecule has 0 spiro atoms. The van der Waals surface area contributed by atoms with Crippen molar-refractivity contribution in [2.75, 3.05) is 23.5 Å². The van der Waals surface area contributed by atoms with Crippen LogP contribution in [0.4, 0.5) is 11.4 Å². The third-order valence-corrected chi connectivity index (χ3v) is 5.68. The van der Waals surface area contributed by atoms with E-state index < -0.39 is 10.2 Å². The number of hydrogen-bond donors (Lipinski definition) is 2. The zero-order chi connectivity index (χ0) is 14.8. The number of nitrogens with two attached hydrogens (primary N) is 1. The molecule has 1 aliphatic heterocycles. The van der Waals surface area contributed by atoms with Crippen LogP contribution in [0.2, 0.25) is 0 Å². The second-order valence-corrected chi connectivity index (χ2v) is 7.63. The van der Waals surface area contributed by atoms with Gasteiger partial charge in [-0.15, -0.1) is 0 Å². The number of nitrogens with zero attached hydrogens (tertiary/aromatic N) is 1. The molecule has 0 radical (unpaired) electrons. The van der Waals surface area contributed by atoms with E-state index in [9.17, 15) is 8.42 Å². The summed E-state index contributed by atoms with van der Waals surface area (Å²) in [4.78, 5) is 0. The summed E-state index contributed by atoms with van der Waals surface area (Å²) >= 11 is 3.37. The highest BCUT2D eigenvalue weighted by Gasteiger charge is 2.23. The van der Waals surface area contributed by atoms with Gasteiger partial charge in [-0.2, -0.15) is 12.7 Å². The fourth-order valence-electron chi connectivity index (χ4n) is 2.25. The molecular formula is C13H20BrN3O2S. The average molecular weight is 362 g/mol. The Kier molecular flexibility index (Phi) is 4.93. The Hall–Kier alpha value is -0.790. The van der Waals surface area contributed by atoms with Crippen LogP contribution < -0.4 is 10.5 Å². The summed E-state index contributed by atoms with van der Waals surface area (Å²) in [6, 6.07) is 3.46. The zero-order valence-corrected chi connectivity index (χ0v) is 13.9. The molecule has 0 aromatic heterocycles. The van der Waals surface area contributed by atoms with E-state index in [1.54, 1.807) is 6.07 Å². The predicted molar refractivity (Wildman–Crippen MR) is 85.9 cm³/mol. The third-order valence-electron chi connectivity index (χ3n) is 3.50. The maximum atomic E-state index is 12.4. The first-order valence-electron chi connectivity index (χ1n) is 6.73. The average Bonchev–Trinajstić information content (AvgIpc) is 2.65. The van der Waals surface area contributed by atoms with Crippen molar-refractivity contribution in [2.45, 2.75) is 32.6 Å². The van der Waals surface area contributed by atoms with Gasteiger partial charge in [0.1, 0.15) is 0 Å². The molecule has 2 rings (SSSR count). The van der Waals surface area contributed by atoms with E-state index in [-0.39, 0.29) is 0 Å². The number of nitrogen functional groups attached to an aromatic ring is 1. The SMILES string of the molecule is Cc1cc(Br)c(NS(=O)(=O)N2CCCCCC2)cc1N. The lowest BCUT2D eigenvalue weighted by atomic mass is 10.2. The maximum absolute atomic E-state index is 12.4. The van der Waals surface area contributed by atoms with Gasteiger partial charge in [0.15, 0.2) is 0 Å². The number of anilines is 2. The highest BCUT2D eigenvalue weighted by molar-refractivity contribution is 9.10. The fourth-order valence-corrected chi connectivity index (χ4v) is 4.26. The summed E-state index contributed by atoms with van der Waals surface area (Å²) in [6.07, 6.45) is 4.01. The molecule has 0 saturated carbocycles. The first-order chi connectivity index (χ1) is 9.40. The predicted octanol–water partition coefficient (Wildman–Crippen LogP) is 2.87. The summed E-state index contributed by atoms with van der Waals surface area (Å²) in [5.41, 5.74) is 7.81. The molecule has 20 heavy (non-hydrogen) atoms. The molecule has 0 aliphatic carbocycles. The molecule has 1 aromatic rings. The van der Waals surface area contributed by atoms with Gasteiger partial charge >= 0.3 is 10.2 Å². The van der Waals surface area contributed by atoms with Crippen molar-refractivity contribution in [3.8, 4) is 0 Å². The zero-order valence-electron chi connectivity index (χ0n) is 11.5. The van der Waals surface area contributed by atoms with Crippen molar-refractivity contribution in [1.82, 2.24) is 4.31 Å². The second kappa shape index (κ2) is 6.32. The lowest BCUT2D eigenvalue weighted by Crippen LogP contribution is -2.36. The van der Waals surface area contributed by atoms with Crippen LogP contribution in [0.1, 0.15) is 31.2 Å². The van der Waals surface area contributed by atoms with Crippen molar-refractivity contribution in [1.29, 1.82) is 0 Å². The van der Waals surface area contributed by atoms with Crippen molar-refractivity contribution < 1.29 is 8.42 Å². The van der Waals surface area contributed by atoms with Crippen LogP contribution in [0.15, 0.2) is 16.6 Å². The topological polar surface area (TPSA) is 75.4 Å². The smallest absolute Gasteiger partial charge is 0.301 e. The van der Waals surface area contributed by atoms with E-state index in [1.165, 1.54) is 4.31 Å². The summed E-state index contributed by atoms with van der Waals surface area (Å²) < 4.78 is 29.7. The first kappa shape index (κ1) is 15.6. The van der Waals surface area contributed by atoms with Gasteiger partial charge in [0.05, 0.1) is 5.69 Å². The van der Waals surface area contributed by atoms with E-state index in [4.69, 9.17) is 5.73 Å². The van der Waals surface area contributed by atoms with Crippen LogP contribution in [0.5, 0.6) is 0 Å². The minimum Gasteiger partial charge on any atom is -0.398 e. The number of nitrogens with one attached hydrogen (secondary N) is 1. The van der Waals surface area contributed by atoms with Gasteiger partial charge in [0, 0.05) is 23.2 Å². The Morgan fingerprint density at radius 2 is 1.80 bits per heavy atom. The quantitative estimate of drug-likeness (QED) is 0.812. The lowest BCUT2D eigenvalue weighted by molar-refractivity contribution is 0.427. The van der Waals surface area contributed by atoms with Gasteiger partial charge in [-0.3, -0.25) is 4.72 Å². The molecule has 1 aromatic carbocycles. The third kappa shape index (κ3) is 3.65. The first-order valence-corrected chi connectivity index (χ1v) is 8.97. The number of aryl methyl sites for hydroxylation is 1. The summed E-state index contributed by atoms with van der Waals surface area (Å²) in [6.45, 7) is 3.04. The fraction of sp³-hybridized carbons (Fsp3) is 0.538. The van der Waals surface area contributed by atoms with Crippen molar-refractivity contribution in [2.24, 2.45) is 0 Å². The second-order valence-electron chi connectivity index (χ2n) is 5.11. The van der Waals surface area contributed by atoms with Crippen LogP contribution >= 0.6 is 15.9 Å². The maximum Gasteiger partial charge on any atom is 0.301 e. The lowest BCUT2D eigenvalue weighted by Gasteiger charge is -2.21. The molecule has 0 bridgehead atoms. The van der Waals surface area contributed by atoms with Gasteiger partial charge in [-0.1, -0.05) is 12.8 Å². The summed E-state index contributed by atoms with van der Waals surface area (Å²) in [5.74, 6) is 0. The number of hydrogen-bond acceptors (Lipinski definition) is 3. The van der Waals surface area contributed by atoms with Gasteiger partial charge in [0.2, 0.25) is 0 Å². The van der Waals surface area contributed by atoms with Gasteiger partial charge < -0.3 is 5.73 Å². The molecule has 1 fully saturated rings. The van der Waals surface area contributed by atoms with E-state index in [1.807, 2.05) is 13.0 Å².